The molecule has 0 saturated carbocycles. The van der Waals surface area contributed by atoms with Gasteiger partial charge in [-0.1, -0.05) is 0 Å². The summed E-state index contributed by atoms with van der Waals surface area (Å²) in [5.41, 5.74) is -0.260. The molecule has 0 bridgehead atoms. The maximum absolute atomic E-state index is 10.6. The molecule has 0 aromatic heterocycles. The van der Waals surface area contributed by atoms with E-state index >= 15 is 0 Å². The lowest BCUT2D eigenvalue weighted by Crippen LogP contribution is -2.46. The molecule has 3 nitrogen and oxygen atoms in total. The fourth-order valence-corrected chi connectivity index (χ4v) is 2.21. The first-order valence-corrected chi connectivity index (χ1v) is 5.51. The van der Waals surface area contributed by atoms with Crippen molar-refractivity contribution < 1.29 is 9.53 Å². The van der Waals surface area contributed by atoms with E-state index in [-0.39, 0.29) is 5.60 Å². The van der Waals surface area contributed by atoms with Crippen LogP contribution in [0.15, 0.2) is 0 Å². The molecule has 14 heavy (non-hydrogen) atoms. The van der Waals surface area contributed by atoms with Crippen LogP contribution in [0.25, 0.3) is 0 Å². The Morgan fingerprint density at radius 2 is 2.43 bits per heavy atom. The van der Waals surface area contributed by atoms with E-state index in [1.54, 1.807) is 0 Å². The van der Waals surface area contributed by atoms with Crippen LogP contribution < -0.4 is 5.32 Å². The highest BCUT2D eigenvalue weighted by atomic mass is 16.5. The van der Waals surface area contributed by atoms with Gasteiger partial charge in [-0.2, -0.15) is 0 Å². The lowest BCUT2D eigenvalue weighted by atomic mass is 9.81. The summed E-state index contributed by atoms with van der Waals surface area (Å²) in [5.74, 6) is 0.474. The summed E-state index contributed by atoms with van der Waals surface area (Å²) in [6.07, 6.45) is 3.83. The Kier molecular flexibility index (Phi) is 4.55. The van der Waals surface area contributed by atoms with Gasteiger partial charge in [-0.25, -0.2) is 0 Å². The first-order chi connectivity index (χ1) is 6.73. The van der Waals surface area contributed by atoms with Gasteiger partial charge in [0, 0.05) is 25.5 Å². The first kappa shape index (κ1) is 11.7. The number of rotatable bonds is 5. The number of carbonyl (C=O) groups excluding carboxylic acids is 1. The van der Waals surface area contributed by atoms with Gasteiger partial charge in [0.25, 0.3) is 0 Å². The van der Waals surface area contributed by atoms with Crippen LogP contribution in [0.4, 0.5) is 0 Å². The fraction of sp³-hybridized carbons (Fsp3) is 0.909. The van der Waals surface area contributed by atoms with Crippen molar-refractivity contribution in [1.29, 1.82) is 0 Å². The second-order valence-corrected chi connectivity index (χ2v) is 4.16. The number of ether oxygens (including phenoxy) is 1. The highest BCUT2D eigenvalue weighted by Gasteiger charge is 2.35. The van der Waals surface area contributed by atoms with Crippen molar-refractivity contribution in [2.45, 2.75) is 38.7 Å². The van der Waals surface area contributed by atoms with Crippen LogP contribution in [0.5, 0.6) is 0 Å². The number of aldehydes is 1. The number of hydrogen-bond acceptors (Lipinski definition) is 3. The number of nitrogens with one attached hydrogen (secondary N) is 1. The van der Waals surface area contributed by atoms with Crippen LogP contribution >= 0.6 is 0 Å². The van der Waals surface area contributed by atoms with Crippen LogP contribution in [0.3, 0.4) is 0 Å². The van der Waals surface area contributed by atoms with E-state index in [1.165, 1.54) is 6.42 Å². The lowest BCUT2D eigenvalue weighted by molar-refractivity contribution is -0.120. The normalized spacial score (nSPS) is 26.9. The van der Waals surface area contributed by atoms with Gasteiger partial charge in [0.05, 0.1) is 5.60 Å². The minimum absolute atomic E-state index is 0.260. The zero-order valence-electron chi connectivity index (χ0n) is 9.21. The van der Waals surface area contributed by atoms with E-state index in [2.05, 4.69) is 12.2 Å². The molecule has 2 unspecified atom stereocenters. The molecule has 1 heterocycles. The summed E-state index contributed by atoms with van der Waals surface area (Å²) in [5, 5.41) is 3.36. The van der Waals surface area contributed by atoms with E-state index in [4.69, 9.17) is 4.74 Å². The van der Waals surface area contributed by atoms with Crippen LogP contribution in [-0.2, 0) is 9.53 Å². The summed E-state index contributed by atoms with van der Waals surface area (Å²) in [6, 6.07) is 0. The second-order valence-electron chi connectivity index (χ2n) is 4.16. The van der Waals surface area contributed by atoms with Crippen molar-refractivity contribution in [2.24, 2.45) is 5.92 Å². The highest BCUT2D eigenvalue weighted by molar-refractivity contribution is 5.51. The Balaban J connectivity index is 2.58. The Morgan fingerprint density at radius 1 is 1.64 bits per heavy atom. The quantitative estimate of drug-likeness (QED) is 0.680. The molecule has 1 N–H and O–H groups in total. The van der Waals surface area contributed by atoms with E-state index in [9.17, 15) is 4.79 Å². The van der Waals surface area contributed by atoms with Crippen LogP contribution in [0, 0.1) is 5.92 Å². The molecule has 0 spiro atoms. The molecule has 0 radical (unpaired) electrons. The summed E-state index contributed by atoms with van der Waals surface area (Å²) in [7, 11) is 0. The van der Waals surface area contributed by atoms with Gasteiger partial charge in [-0.3, -0.25) is 0 Å². The van der Waals surface area contributed by atoms with Crippen LogP contribution in [0.2, 0.25) is 0 Å². The Morgan fingerprint density at radius 3 is 2.93 bits per heavy atom. The van der Waals surface area contributed by atoms with Crippen molar-refractivity contribution in [3.8, 4) is 0 Å². The Labute approximate surface area is 86.2 Å². The third-order valence-electron chi connectivity index (χ3n) is 3.12. The molecule has 1 fully saturated rings. The minimum Gasteiger partial charge on any atom is -0.375 e. The predicted octanol–water partition coefficient (Wildman–Crippen LogP) is 1.37. The van der Waals surface area contributed by atoms with Crippen LogP contribution in [0.1, 0.15) is 33.1 Å². The van der Waals surface area contributed by atoms with Crippen molar-refractivity contribution in [1.82, 2.24) is 5.32 Å². The zero-order chi connectivity index (χ0) is 10.4. The summed E-state index contributed by atoms with van der Waals surface area (Å²) in [4.78, 5) is 10.6. The van der Waals surface area contributed by atoms with Crippen molar-refractivity contribution in [3.63, 3.8) is 0 Å². The molecule has 1 aliphatic heterocycles. The van der Waals surface area contributed by atoms with Gasteiger partial charge in [-0.15, -0.1) is 0 Å². The van der Waals surface area contributed by atoms with Crippen molar-refractivity contribution >= 4 is 6.29 Å². The molecule has 0 aliphatic carbocycles. The third kappa shape index (κ3) is 2.79. The first-order valence-electron chi connectivity index (χ1n) is 5.51. The highest BCUT2D eigenvalue weighted by Crippen LogP contribution is 2.29. The molecule has 0 aromatic rings. The van der Waals surface area contributed by atoms with Gasteiger partial charge < -0.3 is 14.8 Å². The number of piperidine rings is 1. The van der Waals surface area contributed by atoms with Gasteiger partial charge in [-0.05, 0) is 33.2 Å². The summed E-state index contributed by atoms with van der Waals surface area (Å²) < 4.78 is 5.74. The molecule has 1 rings (SSSR count). The maximum atomic E-state index is 10.6. The van der Waals surface area contributed by atoms with Gasteiger partial charge in [0.1, 0.15) is 6.29 Å². The van der Waals surface area contributed by atoms with Crippen LogP contribution in [-0.4, -0.2) is 31.6 Å². The van der Waals surface area contributed by atoms with Gasteiger partial charge >= 0.3 is 0 Å². The summed E-state index contributed by atoms with van der Waals surface area (Å²) >= 11 is 0. The largest absolute Gasteiger partial charge is 0.375 e. The minimum atomic E-state index is -0.260. The van der Waals surface area contributed by atoms with Gasteiger partial charge in [0.2, 0.25) is 0 Å². The predicted molar refractivity (Wildman–Crippen MR) is 56.3 cm³/mol. The van der Waals surface area contributed by atoms with Gasteiger partial charge in [0.15, 0.2) is 0 Å². The molecular weight excluding hydrogens is 178 g/mol. The lowest BCUT2D eigenvalue weighted by Gasteiger charge is -2.38. The van der Waals surface area contributed by atoms with Crippen molar-refractivity contribution in [2.75, 3.05) is 19.7 Å². The molecular formula is C11H21NO2. The average molecular weight is 199 g/mol. The summed E-state index contributed by atoms with van der Waals surface area (Å²) in [6.45, 7) is 6.80. The van der Waals surface area contributed by atoms with E-state index < -0.39 is 0 Å². The molecule has 3 heteroatoms. The molecule has 1 saturated heterocycles. The number of carbonyl (C=O) groups is 1. The molecule has 2 atom stereocenters. The zero-order valence-corrected chi connectivity index (χ0v) is 9.21. The SMILES string of the molecule is CCOC(C)(CC=O)C1CCCNC1. The monoisotopic (exact) mass is 199 g/mol. The third-order valence-corrected chi connectivity index (χ3v) is 3.12. The Bertz CT molecular complexity index is 178. The molecule has 0 aromatic carbocycles. The molecule has 82 valence electrons. The second kappa shape index (κ2) is 5.47. The number of hydrogen-bond donors (Lipinski definition) is 1. The standard InChI is InChI=1S/C11H21NO2/c1-3-14-11(2,6-8-13)10-5-4-7-12-9-10/h8,10,12H,3-7,9H2,1-2H3. The maximum Gasteiger partial charge on any atom is 0.122 e. The molecule has 0 amide bonds. The fourth-order valence-electron chi connectivity index (χ4n) is 2.21. The van der Waals surface area contributed by atoms with E-state index in [0.717, 1.165) is 25.8 Å². The molecule has 1 aliphatic rings. The van der Waals surface area contributed by atoms with Crippen molar-refractivity contribution in [3.05, 3.63) is 0 Å². The average Bonchev–Trinajstić information content (AvgIpc) is 2.20. The smallest absolute Gasteiger partial charge is 0.122 e. The van der Waals surface area contributed by atoms with E-state index in [1.807, 2.05) is 6.92 Å². The van der Waals surface area contributed by atoms with E-state index in [0.29, 0.717) is 18.9 Å². The Hall–Kier alpha value is -0.410. The topological polar surface area (TPSA) is 38.3 Å².